The summed E-state index contributed by atoms with van der Waals surface area (Å²) in [6.07, 6.45) is 4.77. The predicted octanol–water partition coefficient (Wildman–Crippen LogP) is 2.84. The first kappa shape index (κ1) is 15.0. The molecule has 1 aromatic rings. The van der Waals surface area contributed by atoms with Gasteiger partial charge in [0.05, 0.1) is 0 Å². The quantitative estimate of drug-likeness (QED) is 0.902. The Morgan fingerprint density at radius 2 is 1.95 bits per heavy atom. The number of benzene rings is 1. The summed E-state index contributed by atoms with van der Waals surface area (Å²) in [5.41, 5.74) is 1.01. The van der Waals surface area contributed by atoms with Crippen LogP contribution in [0.5, 0.6) is 11.5 Å². The first-order valence-corrected chi connectivity index (χ1v) is 8.15. The first-order valence-electron chi connectivity index (χ1n) is 8.15. The molecule has 0 spiro atoms. The summed E-state index contributed by atoms with van der Waals surface area (Å²) in [7, 11) is 0. The highest BCUT2D eigenvalue weighted by Crippen LogP contribution is 2.30. The average Bonchev–Trinajstić information content (AvgIpc) is 2.55. The van der Waals surface area contributed by atoms with Crippen molar-refractivity contribution in [1.82, 2.24) is 10.6 Å². The molecule has 0 bridgehead atoms. The Kier molecular flexibility index (Phi) is 4.71. The van der Waals surface area contributed by atoms with E-state index in [1.807, 2.05) is 18.2 Å². The molecule has 2 unspecified atom stereocenters. The van der Waals surface area contributed by atoms with E-state index < -0.39 is 0 Å². The van der Waals surface area contributed by atoms with E-state index in [1.165, 1.54) is 19.3 Å². The Balaban J connectivity index is 1.50. The zero-order valence-corrected chi connectivity index (χ0v) is 13.1. The number of amides is 2. The molecule has 1 saturated carbocycles. The lowest BCUT2D eigenvalue weighted by Gasteiger charge is -2.29. The van der Waals surface area contributed by atoms with Crippen molar-refractivity contribution in [2.45, 2.75) is 45.2 Å². The molecule has 0 aromatic heterocycles. The van der Waals surface area contributed by atoms with Crippen LogP contribution in [-0.4, -0.2) is 25.3 Å². The topological polar surface area (TPSA) is 59.6 Å². The molecule has 1 aliphatic heterocycles. The lowest BCUT2D eigenvalue weighted by molar-refractivity contribution is 0.171. The van der Waals surface area contributed by atoms with Gasteiger partial charge in [-0.05, 0) is 36.5 Å². The molecule has 120 valence electrons. The Bertz CT molecular complexity index is 533. The van der Waals surface area contributed by atoms with Gasteiger partial charge in [0.1, 0.15) is 13.2 Å². The number of hydrogen-bond acceptors (Lipinski definition) is 3. The molecule has 2 atom stereocenters. The number of fused-ring (bicyclic) bond motifs is 1. The van der Waals surface area contributed by atoms with E-state index in [9.17, 15) is 4.79 Å². The molecule has 22 heavy (non-hydrogen) atoms. The third-order valence-corrected chi connectivity index (χ3v) is 4.49. The number of urea groups is 1. The van der Waals surface area contributed by atoms with Crippen LogP contribution < -0.4 is 20.1 Å². The summed E-state index contributed by atoms with van der Waals surface area (Å²) >= 11 is 0. The van der Waals surface area contributed by atoms with Gasteiger partial charge in [0.25, 0.3) is 0 Å². The van der Waals surface area contributed by atoms with Crippen molar-refractivity contribution in [2.24, 2.45) is 5.92 Å². The standard InChI is InChI=1S/C17H24N2O3/c1-12-4-2-3-5-14(12)19-17(20)18-11-13-6-7-15-16(10-13)22-9-8-21-15/h6-7,10,12,14H,2-5,8-9,11H2,1H3,(H2,18,19,20). The van der Waals surface area contributed by atoms with E-state index in [-0.39, 0.29) is 6.03 Å². The van der Waals surface area contributed by atoms with E-state index in [0.29, 0.717) is 31.7 Å². The molecule has 1 aliphatic carbocycles. The SMILES string of the molecule is CC1CCCCC1NC(=O)NCc1ccc2c(c1)OCCO2. The summed E-state index contributed by atoms with van der Waals surface area (Å²) in [5.74, 6) is 2.09. The number of ether oxygens (including phenoxy) is 2. The van der Waals surface area contributed by atoms with Crippen LogP contribution in [0.4, 0.5) is 4.79 Å². The molecule has 5 nitrogen and oxygen atoms in total. The number of nitrogens with one attached hydrogen (secondary N) is 2. The van der Waals surface area contributed by atoms with E-state index in [4.69, 9.17) is 9.47 Å². The lowest BCUT2D eigenvalue weighted by Crippen LogP contribution is -2.45. The van der Waals surface area contributed by atoms with Gasteiger partial charge in [-0.1, -0.05) is 25.8 Å². The maximum absolute atomic E-state index is 12.0. The number of carbonyl (C=O) groups excluding carboxylic acids is 1. The van der Waals surface area contributed by atoms with Crippen LogP contribution >= 0.6 is 0 Å². The van der Waals surface area contributed by atoms with E-state index in [0.717, 1.165) is 23.5 Å². The van der Waals surface area contributed by atoms with Crippen LogP contribution in [0.2, 0.25) is 0 Å². The summed E-state index contributed by atoms with van der Waals surface area (Å²) < 4.78 is 11.0. The largest absolute Gasteiger partial charge is 0.486 e. The fourth-order valence-electron chi connectivity index (χ4n) is 3.13. The average molecular weight is 304 g/mol. The highest BCUT2D eigenvalue weighted by molar-refractivity contribution is 5.74. The van der Waals surface area contributed by atoms with Gasteiger partial charge in [-0.15, -0.1) is 0 Å². The third kappa shape index (κ3) is 3.64. The molecular formula is C17H24N2O3. The summed E-state index contributed by atoms with van der Waals surface area (Å²) in [6.45, 7) is 3.87. The Morgan fingerprint density at radius 1 is 1.18 bits per heavy atom. The molecule has 0 saturated heterocycles. The lowest BCUT2D eigenvalue weighted by atomic mass is 9.86. The minimum absolute atomic E-state index is 0.0892. The van der Waals surface area contributed by atoms with Crippen LogP contribution in [0.15, 0.2) is 18.2 Å². The zero-order valence-electron chi connectivity index (χ0n) is 13.1. The van der Waals surface area contributed by atoms with E-state index in [1.54, 1.807) is 0 Å². The number of rotatable bonds is 3. The Morgan fingerprint density at radius 3 is 2.77 bits per heavy atom. The molecule has 3 rings (SSSR count). The van der Waals surface area contributed by atoms with Crippen LogP contribution in [-0.2, 0) is 6.54 Å². The second-order valence-corrected chi connectivity index (χ2v) is 6.17. The number of carbonyl (C=O) groups is 1. The molecule has 0 radical (unpaired) electrons. The third-order valence-electron chi connectivity index (χ3n) is 4.49. The fraction of sp³-hybridized carbons (Fsp3) is 0.588. The van der Waals surface area contributed by atoms with Crippen LogP contribution in [0.25, 0.3) is 0 Å². The normalized spacial score (nSPS) is 23.7. The van der Waals surface area contributed by atoms with Crippen molar-refractivity contribution in [3.63, 3.8) is 0 Å². The highest BCUT2D eigenvalue weighted by atomic mass is 16.6. The van der Waals surface area contributed by atoms with Crippen LogP contribution in [0.1, 0.15) is 38.2 Å². The molecule has 5 heteroatoms. The highest BCUT2D eigenvalue weighted by Gasteiger charge is 2.22. The summed E-state index contributed by atoms with van der Waals surface area (Å²) in [5, 5.41) is 6.02. The molecule has 1 heterocycles. The van der Waals surface area contributed by atoms with Crippen molar-refractivity contribution in [3.05, 3.63) is 23.8 Å². The first-order chi connectivity index (χ1) is 10.7. The second-order valence-electron chi connectivity index (χ2n) is 6.17. The fourth-order valence-corrected chi connectivity index (χ4v) is 3.13. The molecule has 1 fully saturated rings. The van der Waals surface area contributed by atoms with Gasteiger partial charge in [-0.3, -0.25) is 0 Å². The Hall–Kier alpha value is -1.91. The van der Waals surface area contributed by atoms with Gasteiger partial charge < -0.3 is 20.1 Å². The summed E-state index contributed by atoms with van der Waals surface area (Å²) in [6, 6.07) is 5.99. The van der Waals surface area contributed by atoms with E-state index in [2.05, 4.69) is 17.6 Å². The minimum atomic E-state index is -0.0892. The molecule has 1 aromatic carbocycles. The van der Waals surface area contributed by atoms with Gasteiger partial charge in [0.2, 0.25) is 0 Å². The molecule has 2 aliphatic rings. The van der Waals surface area contributed by atoms with E-state index >= 15 is 0 Å². The Labute approximate surface area is 131 Å². The maximum Gasteiger partial charge on any atom is 0.315 e. The zero-order chi connectivity index (χ0) is 15.4. The van der Waals surface area contributed by atoms with Gasteiger partial charge in [-0.2, -0.15) is 0 Å². The smallest absolute Gasteiger partial charge is 0.315 e. The van der Waals surface area contributed by atoms with Crippen molar-refractivity contribution < 1.29 is 14.3 Å². The van der Waals surface area contributed by atoms with Crippen LogP contribution in [0.3, 0.4) is 0 Å². The predicted molar refractivity (Wildman–Crippen MR) is 84.2 cm³/mol. The molecule has 2 N–H and O–H groups in total. The van der Waals surface area contributed by atoms with Gasteiger partial charge >= 0.3 is 6.03 Å². The van der Waals surface area contributed by atoms with Gasteiger partial charge in [-0.25, -0.2) is 4.79 Å². The van der Waals surface area contributed by atoms with Crippen molar-refractivity contribution in [3.8, 4) is 11.5 Å². The monoisotopic (exact) mass is 304 g/mol. The minimum Gasteiger partial charge on any atom is -0.486 e. The van der Waals surface area contributed by atoms with Crippen LogP contribution in [0, 0.1) is 5.92 Å². The molecule has 2 amide bonds. The van der Waals surface area contributed by atoms with Gasteiger partial charge in [0.15, 0.2) is 11.5 Å². The van der Waals surface area contributed by atoms with Crippen molar-refractivity contribution >= 4 is 6.03 Å². The number of hydrogen-bond donors (Lipinski definition) is 2. The van der Waals surface area contributed by atoms with Crippen molar-refractivity contribution in [1.29, 1.82) is 0 Å². The summed E-state index contributed by atoms with van der Waals surface area (Å²) in [4.78, 5) is 12.0. The van der Waals surface area contributed by atoms with Gasteiger partial charge in [0, 0.05) is 12.6 Å². The molecular weight excluding hydrogens is 280 g/mol. The maximum atomic E-state index is 12.0. The second kappa shape index (κ2) is 6.90. The van der Waals surface area contributed by atoms with Crippen molar-refractivity contribution in [2.75, 3.05) is 13.2 Å².